The zero-order valence-electron chi connectivity index (χ0n) is 8.98. The minimum absolute atomic E-state index is 0.573. The van der Waals surface area contributed by atoms with E-state index < -0.39 is 0 Å². The van der Waals surface area contributed by atoms with E-state index in [0.717, 1.165) is 18.2 Å². The Hall–Kier alpha value is -1.29. The highest BCUT2D eigenvalue weighted by molar-refractivity contribution is 5.51. The van der Waals surface area contributed by atoms with E-state index in [9.17, 15) is 0 Å². The molecule has 1 saturated carbocycles. The molecule has 0 aromatic carbocycles. The highest BCUT2D eigenvalue weighted by Gasteiger charge is 2.23. The number of nitrogens with zero attached hydrogens (tertiary/aromatic N) is 3. The zero-order valence-corrected chi connectivity index (χ0v) is 8.98. The molecule has 2 heterocycles. The second-order valence-electron chi connectivity index (χ2n) is 4.43. The summed E-state index contributed by atoms with van der Waals surface area (Å²) in [5.41, 5.74) is 9.19. The minimum atomic E-state index is 0.573. The summed E-state index contributed by atoms with van der Waals surface area (Å²) < 4.78 is 4.24. The topological polar surface area (TPSA) is 48.2 Å². The van der Waals surface area contributed by atoms with Crippen molar-refractivity contribution in [2.75, 3.05) is 0 Å². The van der Waals surface area contributed by atoms with Gasteiger partial charge in [0.05, 0.1) is 5.69 Å². The lowest BCUT2D eigenvalue weighted by Gasteiger charge is -2.03. The second-order valence-corrected chi connectivity index (χ2v) is 4.43. The molecule has 15 heavy (non-hydrogen) atoms. The lowest BCUT2D eigenvalue weighted by atomic mass is 10.2. The molecule has 4 heteroatoms. The fourth-order valence-electron chi connectivity index (χ4n) is 2.16. The second kappa shape index (κ2) is 3.10. The molecule has 1 aliphatic rings. The average Bonchev–Trinajstić information content (AvgIpc) is 2.86. The maximum atomic E-state index is 5.77. The number of aryl methyl sites for hydroxylation is 1. The Labute approximate surface area is 88.7 Å². The van der Waals surface area contributed by atoms with Crippen LogP contribution in [0.4, 0.5) is 0 Å². The molecule has 0 saturated heterocycles. The number of aromatic nitrogens is 3. The summed E-state index contributed by atoms with van der Waals surface area (Å²) in [6, 6.07) is 0. The standard InChI is InChI=1S/C11H16N4/c1-8-10(6-12)11-14(7-9-2-3-9)4-5-15(11)13-8/h4-5,9H,2-3,6-7,12H2,1H3. The van der Waals surface area contributed by atoms with Crippen LogP contribution < -0.4 is 5.73 Å². The van der Waals surface area contributed by atoms with E-state index in [1.165, 1.54) is 24.1 Å². The quantitative estimate of drug-likeness (QED) is 0.819. The van der Waals surface area contributed by atoms with E-state index in [2.05, 4.69) is 15.9 Å². The van der Waals surface area contributed by atoms with E-state index in [1.807, 2.05) is 17.6 Å². The minimum Gasteiger partial charge on any atom is -0.331 e. The summed E-state index contributed by atoms with van der Waals surface area (Å²) >= 11 is 0. The predicted octanol–water partition coefficient (Wildman–Crippen LogP) is 1.31. The van der Waals surface area contributed by atoms with Crippen LogP contribution in [0, 0.1) is 12.8 Å². The van der Waals surface area contributed by atoms with Gasteiger partial charge in [0, 0.05) is 31.0 Å². The number of rotatable bonds is 3. The van der Waals surface area contributed by atoms with Gasteiger partial charge in [-0.2, -0.15) is 5.10 Å². The molecule has 80 valence electrons. The monoisotopic (exact) mass is 204 g/mol. The Balaban J connectivity index is 2.11. The lowest BCUT2D eigenvalue weighted by molar-refractivity contribution is 0.642. The van der Waals surface area contributed by atoms with Gasteiger partial charge in [0.25, 0.3) is 0 Å². The molecule has 2 aromatic rings. The smallest absolute Gasteiger partial charge is 0.140 e. The molecule has 2 N–H and O–H groups in total. The number of hydrogen-bond acceptors (Lipinski definition) is 2. The molecule has 0 unspecified atom stereocenters. The van der Waals surface area contributed by atoms with Crippen molar-refractivity contribution < 1.29 is 0 Å². The molecule has 4 nitrogen and oxygen atoms in total. The van der Waals surface area contributed by atoms with Gasteiger partial charge in [0.2, 0.25) is 0 Å². The van der Waals surface area contributed by atoms with E-state index in [4.69, 9.17) is 5.73 Å². The summed E-state index contributed by atoms with van der Waals surface area (Å²) in [5.74, 6) is 0.877. The van der Waals surface area contributed by atoms with Crippen LogP contribution in [0.1, 0.15) is 24.1 Å². The fourth-order valence-corrected chi connectivity index (χ4v) is 2.16. The first-order chi connectivity index (χ1) is 7.29. The summed E-state index contributed by atoms with van der Waals surface area (Å²) in [4.78, 5) is 0. The number of nitrogens with two attached hydrogens (primary N) is 1. The van der Waals surface area contributed by atoms with E-state index in [0.29, 0.717) is 6.54 Å². The van der Waals surface area contributed by atoms with Crippen molar-refractivity contribution in [2.24, 2.45) is 11.7 Å². The molecule has 0 radical (unpaired) electrons. The summed E-state index contributed by atoms with van der Waals surface area (Å²) in [7, 11) is 0. The predicted molar refractivity (Wildman–Crippen MR) is 58.5 cm³/mol. The third kappa shape index (κ3) is 1.36. The van der Waals surface area contributed by atoms with Crippen LogP contribution in [0.25, 0.3) is 5.65 Å². The highest BCUT2D eigenvalue weighted by atomic mass is 15.3. The summed E-state index contributed by atoms with van der Waals surface area (Å²) in [5, 5.41) is 4.45. The van der Waals surface area contributed by atoms with Crippen molar-refractivity contribution in [1.29, 1.82) is 0 Å². The Morgan fingerprint density at radius 1 is 1.47 bits per heavy atom. The fraction of sp³-hybridized carbons (Fsp3) is 0.545. The molecule has 0 bridgehead atoms. The Bertz CT molecular complexity index is 490. The van der Waals surface area contributed by atoms with Gasteiger partial charge in [-0.1, -0.05) is 0 Å². The molecule has 1 fully saturated rings. The Morgan fingerprint density at radius 2 is 2.27 bits per heavy atom. The highest BCUT2D eigenvalue weighted by Crippen LogP contribution is 2.31. The summed E-state index contributed by atoms with van der Waals surface area (Å²) in [6.45, 7) is 3.72. The van der Waals surface area contributed by atoms with Gasteiger partial charge in [0.15, 0.2) is 0 Å². The number of imidazole rings is 1. The third-order valence-corrected chi connectivity index (χ3v) is 3.20. The molecular weight excluding hydrogens is 188 g/mol. The third-order valence-electron chi connectivity index (χ3n) is 3.20. The van der Waals surface area contributed by atoms with Crippen LogP contribution in [-0.4, -0.2) is 14.2 Å². The largest absolute Gasteiger partial charge is 0.331 e. The molecule has 0 spiro atoms. The van der Waals surface area contributed by atoms with Crippen molar-refractivity contribution in [1.82, 2.24) is 14.2 Å². The van der Waals surface area contributed by atoms with Crippen LogP contribution in [-0.2, 0) is 13.1 Å². The number of fused-ring (bicyclic) bond motifs is 1. The summed E-state index contributed by atoms with van der Waals surface area (Å²) in [6.07, 6.45) is 6.87. The molecule has 3 rings (SSSR count). The van der Waals surface area contributed by atoms with E-state index >= 15 is 0 Å². The average molecular weight is 204 g/mol. The molecule has 0 atom stereocenters. The van der Waals surface area contributed by atoms with Crippen LogP contribution in [0.3, 0.4) is 0 Å². The van der Waals surface area contributed by atoms with E-state index in [-0.39, 0.29) is 0 Å². The van der Waals surface area contributed by atoms with Crippen molar-refractivity contribution in [3.63, 3.8) is 0 Å². The van der Waals surface area contributed by atoms with Crippen molar-refractivity contribution in [2.45, 2.75) is 32.9 Å². The molecule has 2 aromatic heterocycles. The molecule has 1 aliphatic carbocycles. The number of hydrogen-bond donors (Lipinski definition) is 1. The maximum absolute atomic E-state index is 5.77. The zero-order chi connectivity index (χ0) is 10.4. The van der Waals surface area contributed by atoms with Gasteiger partial charge < -0.3 is 10.3 Å². The van der Waals surface area contributed by atoms with Crippen molar-refractivity contribution in [3.05, 3.63) is 23.7 Å². The van der Waals surface area contributed by atoms with E-state index in [1.54, 1.807) is 0 Å². The van der Waals surface area contributed by atoms with Crippen LogP contribution in [0.5, 0.6) is 0 Å². The van der Waals surface area contributed by atoms with Crippen molar-refractivity contribution in [3.8, 4) is 0 Å². The first kappa shape index (κ1) is 8.97. The van der Waals surface area contributed by atoms with Gasteiger partial charge in [-0.3, -0.25) is 0 Å². The Morgan fingerprint density at radius 3 is 2.93 bits per heavy atom. The van der Waals surface area contributed by atoms with Crippen LogP contribution in [0.15, 0.2) is 12.4 Å². The molecule has 0 amide bonds. The SMILES string of the molecule is Cc1nn2ccn(CC3CC3)c2c1CN. The maximum Gasteiger partial charge on any atom is 0.140 e. The first-order valence-corrected chi connectivity index (χ1v) is 5.52. The van der Waals surface area contributed by atoms with Gasteiger partial charge >= 0.3 is 0 Å². The first-order valence-electron chi connectivity index (χ1n) is 5.52. The lowest BCUT2D eigenvalue weighted by Crippen LogP contribution is -2.03. The van der Waals surface area contributed by atoms with Crippen LogP contribution in [0.2, 0.25) is 0 Å². The van der Waals surface area contributed by atoms with Gasteiger partial charge in [-0.15, -0.1) is 0 Å². The Kier molecular flexibility index (Phi) is 1.85. The molecular formula is C11H16N4. The molecule has 0 aliphatic heterocycles. The van der Waals surface area contributed by atoms with Gasteiger partial charge in [0.1, 0.15) is 5.65 Å². The van der Waals surface area contributed by atoms with Gasteiger partial charge in [-0.25, -0.2) is 4.52 Å². The van der Waals surface area contributed by atoms with Crippen molar-refractivity contribution >= 4 is 5.65 Å². The van der Waals surface area contributed by atoms with Gasteiger partial charge in [-0.05, 0) is 25.7 Å². The normalized spacial score (nSPS) is 16.4. The van der Waals surface area contributed by atoms with Crippen LogP contribution >= 0.6 is 0 Å².